The van der Waals surface area contributed by atoms with E-state index in [1.54, 1.807) is 6.07 Å². The van der Waals surface area contributed by atoms with E-state index in [1.165, 1.54) is 22.2 Å². The van der Waals surface area contributed by atoms with Crippen molar-refractivity contribution in [3.05, 3.63) is 71.5 Å². The van der Waals surface area contributed by atoms with Crippen LogP contribution in [-0.2, 0) is 0 Å². The molecule has 1 aliphatic heterocycles. The number of pyridine rings is 1. The molecule has 30 heavy (non-hydrogen) atoms. The van der Waals surface area contributed by atoms with E-state index in [4.69, 9.17) is 4.52 Å². The summed E-state index contributed by atoms with van der Waals surface area (Å²) in [6, 6.07) is 12.3. The average molecular weight is 400 g/mol. The maximum atomic E-state index is 12.9. The number of benzene rings is 1. The fourth-order valence-electron chi connectivity index (χ4n) is 4.48. The van der Waals surface area contributed by atoms with Crippen molar-refractivity contribution in [3.63, 3.8) is 0 Å². The number of carbonyl (C=O) groups excluding carboxylic acids is 1. The molecule has 0 aliphatic carbocycles. The predicted molar refractivity (Wildman–Crippen MR) is 115 cm³/mol. The molecule has 1 N–H and O–H groups in total. The van der Waals surface area contributed by atoms with Crippen molar-refractivity contribution in [3.8, 4) is 11.1 Å². The van der Waals surface area contributed by atoms with Crippen molar-refractivity contribution in [2.75, 3.05) is 13.1 Å². The molecule has 1 atom stereocenters. The number of carbonyl (C=O) groups is 1. The fourth-order valence-corrected chi connectivity index (χ4v) is 4.48. The fraction of sp³-hybridized carbons (Fsp3) is 0.292. The number of piperidine rings is 1. The molecule has 6 heteroatoms. The first-order chi connectivity index (χ1) is 14.6. The van der Waals surface area contributed by atoms with Gasteiger partial charge in [0, 0.05) is 59.6 Å². The van der Waals surface area contributed by atoms with Gasteiger partial charge in [0.05, 0.1) is 5.69 Å². The van der Waals surface area contributed by atoms with Crippen molar-refractivity contribution in [1.82, 2.24) is 20.0 Å². The number of aromatic nitrogens is 3. The molecule has 152 valence electrons. The highest BCUT2D eigenvalue weighted by Gasteiger charge is 2.30. The second-order valence-electron chi connectivity index (χ2n) is 8.12. The molecule has 1 fully saturated rings. The highest BCUT2D eigenvalue weighted by Crippen LogP contribution is 2.39. The Morgan fingerprint density at radius 2 is 2.00 bits per heavy atom. The van der Waals surface area contributed by atoms with Gasteiger partial charge in [0.2, 0.25) is 5.76 Å². The monoisotopic (exact) mass is 400 g/mol. The summed E-state index contributed by atoms with van der Waals surface area (Å²) in [6.45, 7) is 5.33. The maximum absolute atomic E-state index is 12.9. The summed E-state index contributed by atoms with van der Waals surface area (Å²) in [5.74, 6) is 0.454. The van der Waals surface area contributed by atoms with E-state index in [-0.39, 0.29) is 11.8 Å². The average Bonchev–Trinajstić information content (AvgIpc) is 3.37. The lowest BCUT2D eigenvalue weighted by atomic mass is 9.89. The Kier molecular flexibility index (Phi) is 4.62. The van der Waals surface area contributed by atoms with E-state index < -0.39 is 0 Å². The normalized spacial score (nSPS) is 16.9. The number of nitrogens with one attached hydrogen (secondary N) is 1. The molecule has 0 saturated carbocycles. The van der Waals surface area contributed by atoms with Crippen LogP contribution < -0.4 is 0 Å². The molecule has 1 aliphatic rings. The summed E-state index contributed by atoms with van der Waals surface area (Å²) in [7, 11) is 0. The molecular weight excluding hydrogens is 376 g/mol. The summed E-state index contributed by atoms with van der Waals surface area (Å²) < 4.78 is 5.22. The van der Waals surface area contributed by atoms with Crippen LogP contribution in [0.1, 0.15) is 46.3 Å². The quantitative estimate of drug-likeness (QED) is 0.533. The summed E-state index contributed by atoms with van der Waals surface area (Å²) >= 11 is 0. The number of fused-ring (bicyclic) bond motifs is 1. The van der Waals surface area contributed by atoms with Crippen LogP contribution in [0.2, 0.25) is 0 Å². The molecule has 1 aromatic carbocycles. The molecule has 1 amide bonds. The number of amides is 1. The van der Waals surface area contributed by atoms with Gasteiger partial charge in [0.1, 0.15) is 0 Å². The van der Waals surface area contributed by atoms with Gasteiger partial charge in [-0.05, 0) is 56.5 Å². The lowest BCUT2D eigenvalue weighted by molar-refractivity contribution is 0.0664. The third kappa shape index (κ3) is 3.28. The Morgan fingerprint density at radius 3 is 2.77 bits per heavy atom. The van der Waals surface area contributed by atoms with Crippen molar-refractivity contribution in [2.45, 2.75) is 32.6 Å². The van der Waals surface area contributed by atoms with Gasteiger partial charge >= 0.3 is 0 Å². The third-order valence-corrected chi connectivity index (χ3v) is 5.91. The van der Waals surface area contributed by atoms with E-state index in [0.717, 1.165) is 36.2 Å². The first-order valence-corrected chi connectivity index (χ1v) is 10.4. The Bertz CT molecular complexity index is 1210. The van der Waals surface area contributed by atoms with E-state index >= 15 is 0 Å². The smallest absolute Gasteiger partial charge is 0.292 e. The van der Waals surface area contributed by atoms with Gasteiger partial charge in [0.15, 0.2) is 0 Å². The van der Waals surface area contributed by atoms with Gasteiger partial charge in [-0.25, -0.2) is 0 Å². The standard InChI is InChI=1S/C24H24N4O2/c1-15-5-6-20-19(12-15)22(17-7-9-25-10-8-17)23(26-20)18-4-3-11-28(14-18)24(29)21-13-16(2)27-30-21/h5-10,12-13,18,26H,3-4,11,14H2,1-2H3/t18-/m1/s1. The highest BCUT2D eigenvalue weighted by atomic mass is 16.5. The highest BCUT2D eigenvalue weighted by molar-refractivity contribution is 5.98. The Hall–Kier alpha value is -3.41. The minimum atomic E-state index is -0.0854. The summed E-state index contributed by atoms with van der Waals surface area (Å²) in [4.78, 5) is 22.7. The van der Waals surface area contributed by atoms with Crippen molar-refractivity contribution in [1.29, 1.82) is 0 Å². The zero-order valence-electron chi connectivity index (χ0n) is 17.2. The van der Waals surface area contributed by atoms with Gasteiger partial charge in [-0.2, -0.15) is 0 Å². The van der Waals surface area contributed by atoms with Gasteiger partial charge in [-0.1, -0.05) is 16.8 Å². The molecule has 0 spiro atoms. The number of rotatable bonds is 3. The van der Waals surface area contributed by atoms with E-state index in [2.05, 4.69) is 52.4 Å². The van der Waals surface area contributed by atoms with Crippen LogP contribution in [0.3, 0.4) is 0 Å². The molecule has 0 unspecified atom stereocenters. The number of likely N-dealkylation sites (tertiary alicyclic amines) is 1. The second kappa shape index (κ2) is 7.44. The predicted octanol–water partition coefficient (Wildman–Crippen LogP) is 4.85. The zero-order chi connectivity index (χ0) is 20.7. The molecule has 6 nitrogen and oxygen atoms in total. The molecule has 3 aromatic heterocycles. The van der Waals surface area contributed by atoms with E-state index in [9.17, 15) is 4.79 Å². The molecule has 0 bridgehead atoms. The van der Waals surface area contributed by atoms with Gasteiger partial charge in [0.25, 0.3) is 5.91 Å². The largest absolute Gasteiger partial charge is 0.358 e. The molecule has 0 radical (unpaired) electrons. The van der Waals surface area contributed by atoms with Crippen molar-refractivity contribution in [2.24, 2.45) is 0 Å². The molecular formula is C24H24N4O2. The Morgan fingerprint density at radius 1 is 1.17 bits per heavy atom. The summed E-state index contributed by atoms with van der Waals surface area (Å²) in [5.41, 5.74) is 6.62. The van der Waals surface area contributed by atoms with Gasteiger partial charge in [-0.3, -0.25) is 9.78 Å². The minimum absolute atomic E-state index is 0.0854. The van der Waals surface area contributed by atoms with Crippen molar-refractivity contribution >= 4 is 16.8 Å². The van der Waals surface area contributed by atoms with Crippen LogP contribution in [0.25, 0.3) is 22.0 Å². The Balaban J connectivity index is 1.55. The third-order valence-electron chi connectivity index (χ3n) is 5.91. The number of hydrogen-bond donors (Lipinski definition) is 1. The zero-order valence-corrected chi connectivity index (χ0v) is 17.2. The lowest BCUT2D eigenvalue weighted by Gasteiger charge is -2.32. The van der Waals surface area contributed by atoms with E-state index in [0.29, 0.717) is 12.3 Å². The lowest BCUT2D eigenvalue weighted by Crippen LogP contribution is -2.39. The van der Waals surface area contributed by atoms with Crippen LogP contribution in [0.4, 0.5) is 0 Å². The molecule has 1 saturated heterocycles. The van der Waals surface area contributed by atoms with Crippen LogP contribution in [0.15, 0.2) is 53.3 Å². The van der Waals surface area contributed by atoms with Crippen molar-refractivity contribution < 1.29 is 9.32 Å². The number of hydrogen-bond acceptors (Lipinski definition) is 4. The first kappa shape index (κ1) is 18.6. The van der Waals surface area contributed by atoms with Crippen LogP contribution >= 0.6 is 0 Å². The number of H-pyrrole nitrogens is 1. The topological polar surface area (TPSA) is 75.0 Å². The summed E-state index contributed by atoms with van der Waals surface area (Å²) in [6.07, 6.45) is 5.64. The van der Waals surface area contributed by atoms with E-state index in [1.807, 2.05) is 24.2 Å². The van der Waals surface area contributed by atoms with Crippen LogP contribution in [0, 0.1) is 13.8 Å². The Labute approximate surface area is 174 Å². The number of aromatic amines is 1. The minimum Gasteiger partial charge on any atom is -0.358 e. The molecule has 4 aromatic rings. The van der Waals surface area contributed by atoms with Crippen LogP contribution in [0.5, 0.6) is 0 Å². The van der Waals surface area contributed by atoms with Gasteiger partial charge < -0.3 is 14.4 Å². The molecule has 5 rings (SSSR count). The summed E-state index contributed by atoms with van der Waals surface area (Å²) in [5, 5.41) is 5.08. The van der Waals surface area contributed by atoms with Crippen LogP contribution in [-0.4, -0.2) is 39.0 Å². The second-order valence-corrected chi connectivity index (χ2v) is 8.12. The maximum Gasteiger partial charge on any atom is 0.292 e. The molecule has 4 heterocycles. The SMILES string of the molecule is Cc1ccc2[nH]c([C@@H]3CCCN(C(=O)c4cc(C)no4)C3)c(-c3ccncc3)c2c1. The number of nitrogens with zero attached hydrogens (tertiary/aromatic N) is 3. The first-order valence-electron chi connectivity index (χ1n) is 10.4. The number of aryl methyl sites for hydroxylation is 2. The van der Waals surface area contributed by atoms with Gasteiger partial charge in [-0.15, -0.1) is 0 Å².